The Morgan fingerprint density at radius 1 is 1.08 bits per heavy atom. The summed E-state index contributed by atoms with van der Waals surface area (Å²) in [5, 5.41) is 0. The maximum atomic E-state index is 12.5. The lowest BCUT2D eigenvalue weighted by Crippen LogP contribution is -2.31. The zero-order valence-corrected chi connectivity index (χ0v) is 14.8. The van der Waals surface area contributed by atoms with Crippen molar-refractivity contribution in [1.82, 2.24) is 4.90 Å². The number of rotatable bonds is 6. The van der Waals surface area contributed by atoms with Crippen LogP contribution in [0.1, 0.15) is 16.7 Å². The van der Waals surface area contributed by atoms with Crippen LogP contribution in [0.5, 0.6) is 11.5 Å². The summed E-state index contributed by atoms with van der Waals surface area (Å²) in [4.78, 5) is 13.5. The highest BCUT2D eigenvalue weighted by atomic mass is 19.4. The number of alkyl halides is 3. The van der Waals surface area contributed by atoms with Gasteiger partial charge in [0.05, 0.1) is 0 Å². The van der Waals surface area contributed by atoms with Crippen molar-refractivity contribution >= 4 is 5.91 Å². The second-order valence-corrected chi connectivity index (χ2v) is 5.94. The van der Waals surface area contributed by atoms with Crippen molar-refractivity contribution in [2.75, 3.05) is 13.7 Å². The highest BCUT2D eigenvalue weighted by Gasteiger charge is 2.32. The van der Waals surface area contributed by atoms with Crippen molar-refractivity contribution in [3.8, 4) is 11.5 Å². The Morgan fingerprint density at radius 3 is 2.42 bits per heavy atom. The molecule has 0 aliphatic rings. The molecule has 140 valence electrons. The lowest BCUT2D eigenvalue weighted by molar-refractivity contribution is -0.275. The number of carbonyl (C=O) groups is 1. The predicted octanol–water partition coefficient (Wildman–Crippen LogP) is 4.24. The number of amides is 1. The molecule has 0 unspecified atom stereocenters. The molecule has 0 aliphatic heterocycles. The number of carbonyl (C=O) groups excluding carboxylic acids is 1. The largest absolute Gasteiger partial charge is 0.573 e. The summed E-state index contributed by atoms with van der Waals surface area (Å²) >= 11 is 0. The maximum Gasteiger partial charge on any atom is 0.573 e. The SMILES string of the molecule is Cc1ccc(OCC(=O)N(C)Cc2ccccc2OC(F)(F)F)cc1C. The average Bonchev–Trinajstić information content (AvgIpc) is 2.56. The van der Waals surface area contributed by atoms with Crippen molar-refractivity contribution in [2.24, 2.45) is 0 Å². The molecule has 0 aromatic heterocycles. The van der Waals surface area contributed by atoms with E-state index in [1.54, 1.807) is 12.1 Å². The molecule has 0 atom stereocenters. The Balaban J connectivity index is 1.98. The summed E-state index contributed by atoms with van der Waals surface area (Å²) in [5.41, 5.74) is 2.41. The number of ether oxygens (including phenoxy) is 2. The molecule has 26 heavy (non-hydrogen) atoms. The van der Waals surface area contributed by atoms with Crippen LogP contribution in [0.3, 0.4) is 0 Å². The summed E-state index contributed by atoms with van der Waals surface area (Å²) in [6.45, 7) is 3.68. The van der Waals surface area contributed by atoms with Crippen LogP contribution < -0.4 is 9.47 Å². The minimum atomic E-state index is -4.79. The minimum Gasteiger partial charge on any atom is -0.484 e. The zero-order chi connectivity index (χ0) is 19.3. The third-order valence-corrected chi connectivity index (χ3v) is 3.87. The molecular weight excluding hydrogens is 347 g/mol. The quantitative estimate of drug-likeness (QED) is 0.767. The number of aryl methyl sites for hydroxylation is 2. The van der Waals surface area contributed by atoms with E-state index in [1.165, 1.54) is 30.1 Å². The van der Waals surface area contributed by atoms with Crippen LogP contribution in [0.15, 0.2) is 42.5 Å². The molecule has 0 radical (unpaired) electrons. The van der Waals surface area contributed by atoms with Crippen LogP contribution in [-0.4, -0.2) is 30.8 Å². The molecular formula is C19H20F3NO3. The smallest absolute Gasteiger partial charge is 0.484 e. The first-order valence-corrected chi connectivity index (χ1v) is 7.93. The van der Waals surface area contributed by atoms with Gasteiger partial charge < -0.3 is 14.4 Å². The van der Waals surface area contributed by atoms with E-state index in [9.17, 15) is 18.0 Å². The Morgan fingerprint density at radius 2 is 1.77 bits per heavy atom. The van der Waals surface area contributed by atoms with Gasteiger partial charge in [0.1, 0.15) is 11.5 Å². The average molecular weight is 367 g/mol. The van der Waals surface area contributed by atoms with Gasteiger partial charge in [0.25, 0.3) is 5.91 Å². The number of hydrogen-bond donors (Lipinski definition) is 0. The molecule has 7 heteroatoms. The van der Waals surface area contributed by atoms with Crippen LogP contribution in [-0.2, 0) is 11.3 Å². The van der Waals surface area contributed by atoms with Gasteiger partial charge in [-0.05, 0) is 43.2 Å². The van der Waals surface area contributed by atoms with Gasteiger partial charge >= 0.3 is 6.36 Å². The molecule has 0 bridgehead atoms. The van der Waals surface area contributed by atoms with Crippen molar-refractivity contribution in [3.63, 3.8) is 0 Å². The van der Waals surface area contributed by atoms with Crippen molar-refractivity contribution in [2.45, 2.75) is 26.8 Å². The monoisotopic (exact) mass is 367 g/mol. The van der Waals surface area contributed by atoms with Crippen LogP contribution in [0.25, 0.3) is 0 Å². The first-order valence-electron chi connectivity index (χ1n) is 7.93. The first kappa shape index (κ1) is 19.6. The molecule has 0 spiro atoms. The molecule has 2 rings (SSSR count). The van der Waals surface area contributed by atoms with Crippen molar-refractivity contribution < 1.29 is 27.4 Å². The highest BCUT2D eigenvalue weighted by Crippen LogP contribution is 2.27. The second kappa shape index (κ2) is 8.12. The van der Waals surface area contributed by atoms with E-state index in [-0.39, 0.29) is 30.4 Å². The van der Waals surface area contributed by atoms with E-state index >= 15 is 0 Å². The van der Waals surface area contributed by atoms with Crippen molar-refractivity contribution in [3.05, 3.63) is 59.2 Å². The summed E-state index contributed by atoms with van der Waals surface area (Å²) in [6.07, 6.45) is -4.79. The summed E-state index contributed by atoms with van der Waals surface area (Å²) in [5.74, 6) is -0.115. The number of para-hydroxylation sites is 1. The first-order chi connectivity index (χ1) is 12.2. The normalized spacial score (nSPS) is 11.2. The highest BCUT2D eigenvalue weighted by molar-refractivity contribution is 5.77. The van der Waals surface area contributed by atoms with Gasteiger partial charge in [-0.15, -0.1) is 13.2 Å². The number of hydrogen-bond acceptors (Lipinski definition) is 3. The Hall–Kier alpha value is -2.70. The van der Waals surface area contributed by atoms with Gasteiger partial charge in [-0.2, -0.15) is 0 Å². The molecule has 0 saturated carbocycles. The molecule has 0 heterocycles. The summed E-state index contributed by atoms with van der Waals surface area (Å²) in [6, 6.07) is 11.2. The zero-order valence-electron chi connectivity index (χ0n) is 14.8. The summed E-state index contributed by atoms with van der Waals surface area (Å²) in [7, 11) is 1.50. The Labute approximate surface area is 150 Å². The van der Waals surface area contributed by atoms with E-state index in [0.717, 1.165) is 11.1 Å². The third-order valence-electron chi connectivity index (χ3n) is 3.87. The molecule has 1 amide bonds. The molecule has 2 aromatic carbocycles. The molecule has 0 aliphatic carbocycles. The van der Waals surface area contributed by atoms with E-state index in [0.29, 0.717) is 5.75 Å². The van der Waals surface area contributed by atoms with Gasteiger partial charge in [-0.25, -0.2) is 0 Å². The van der Waals surface area contributed by atoms with Crippen molar-refractivity contribution in [1.29, 1.82) is 0 Å². The van der Waals surface area contributed by atoms with Gasteiger partial charge in [0, 0.05) is 19.2 Å². The second-order valence-electron chi connectivity index (χ2n) is 5.94. The van der Waals surface area contributed by atoms with Crippen LogP contribution in [0, 0.1) is 13.8 Å². The Bertz CT molecular complexity index is 775. The lowest BCUT2D eigenvalue weighted by Gasteiger charge is -2.20. The van der Waals surface area contributed by atoms with Gasteiger partial charge in [-0.1, -0.05) is 24.3 Å². The maximum absolute atomic E-state index is 12.5. The van der Waals surface area contributed by atoms with E-state index in [1.807, 2.05) is 26.0 Å². The number of benzene rings is 2. The van der Waals surface area contributed by atoms with E-state index in [4.69, 9.17) is 4.74 Å². The molecule has 0 N–H and O–H groups in total. The molecule has 0 fully saturated rings. The van der Waals surface area contributed by atoms with Crippen LogP contribution >= 0.6 is 0 Å². The summed E-state index contributed by atoms with van der Waals surface area (Å²) < 4.78 is 46.9. The van der Waals surface area contributed by atoms with Gasteiger partial charge in [0.15, 0.2) is 6.61 Å². The molecule has 0 saturated heterocycles. The van der Waals surface area contributed by atoms with E-state index in [2.05, 4.69) is 4.74 Å². The standard InChI is InChI=1S/C19H20F3NO3/c1-13-8-9-16(10-14(13)2)25-12-18(24)23(3)11-15-6-4-5-7-17(15)26-19(20,21)22/h4-10H,11-12H2,1-3H3. The fraction of sp³-hybridized carbons (Fsp3) is 0.316. The molecule has 4 nitrogen and oxygen atoms in total. The number of nitrogens with zero attached hydrogens (tertiary/aromatic N) is 1. The van der Waals surface area contributed by atoms with Gasteiger partial charge in [-0.3, -0.25) is 4.79 Å². The predicted molar refractivity (Wildman–Crippen MR) is 91.0 cm³/mol. The molecule has 2 aromatic rings. The number of halogens is 3. The fourth-order valence-electron chi connectivity index (χ4n) is 2.26. The third kappa shape index (κ3) is 5.68. The van der Waals surface area contributed by atoms with Gasteiger partial charge in [0.2, 0.25) is 0 Å². The fourth-order valence-corrected chi connectivity index (χ4v) is 2.26. The topological polar surface area (TPSA) is 38.8 Å². The van der Waals surface area contributed by atoms with Crippen LogP contribution in [0.2, 0.25) is 0 Å². The lowest BCUT2D eigenvalue weighted by atomic mass is 10.1. The minimum absolute atomic E-state index is 0.0264. The van der Waals surface area contributed by atoms with E-state index < -0.39 is 6.36 Å². The van der Waals surface area contributed by atoms with Crippen LogP contribution in [0.4, 0.5) is 13.2 Å². The number of likely N-dealkylation sites (N-methyl/N-ethyl adjacent to an activating group) is 1. The Kier molecular flexibility index (Phi) is 6.13.